The molecule has 1 aliphatic rings. The van der Waals surface area contributed by atoms with E-state index in [9.17, 15) is 14.4 Å². The van der Waals surface area contributed by atoms with E-state index in [-0.39, 0.29) is 35.6 Å². The quantitative estimate of drug-likeness (QED) is 0.674. The second-order valence-electron chi connectivity index (χ2n) is 8.04. The molecule has 1 heterocycles. The second-order valence-corrected chi connectivity index (χ2v) is 8.04. The highest BCUT2D eigenvalue weighted by molar-refractivity contribution is 5.97. The van der Waals surface area contributed by atoms with Gasteiger partial charge in [0.15, 0.2) is 6.04 Å². The van der Waals surface area contributed by atoms with Gasteiger partial charge in [0, 0.05) is 30.6 Å². The molecule has 1 fully saturated rings. The Morgan fingerprint density at radius 2 is 1.64 bits per heavy atom. The summed E-state index contributed by atoms with van der Waals surface area (Å²) in [7, 11) is 0. The summed E-state index contributed by atoms with van der Waals surface area (Å²) in [6.07, 6.45) is 1.21. The molecule has 0 spiro atoms. The number of amides is 3. The van der Waals surface area contributed by atoms with Crippen LogP contribution in [0.15, 0.2) is 24.3 Å². The van der Waals surface area contributed by atoms with E-state index in [4.69, 9.17) is 0 Å². The van der Waals surface area contributed by atoms with Crippen LogP contribution in [0.2, 0.25) is 0 Å². The van der Waals surface area contributed by atoms with Crippen molar-refractivity contribution in [2.45, 2.75) is 52.6 Å². The number of piperidine rings is 1. The van der Waals surface area contributed by atoms with Crippen molar-refractivity contribution < 1.29 is 20.1 Å². The zero-order valence-corrected chi connectivity index (χ0v) is 17.3. The van der Waals surface area contributed by atoms with Crippen molar-refractivity contribution in [2.24, 2.45) is 11.8 Å². The molecule has 3 amide bonds. The molecule has 0 aromatic heterocycles. The number of nitrogens with one attached hydrogen (secondary N) is 2. The predicted octanol–water partition coefficient (Wildman–Crippen LogP) is 0.943. The molecule has 0 bridgehead atoms. The largest absolute Gasteiger partial charge is 0.347 e. The fourth-order valence-electron chi connectivity index (χ4n) is 3.17. The minimum absolute atomic E-state index is 0.0553. The Morgan fingerprint density at radius 1 is 1.07 bits per heavy atom. The van der Waals surface area contributed by atoms with E-state index in [2.05, 4.69) is 16.4 Å². The molecule has 2 rings (SSSR count). The van der Waals surface area contributed by atoms with Crippen LogP contribution in [0.1, 0.15) is 39.2 Å². The fourth-order valence-corrected chi connectivity index (χ4v) is 3.17. The van der Waals surface area contributed by atoms with Gasteiger partial charge in [-0.1, -0.05) is 31.5 Å². The molecule has 7 heteroatoms. The number of hydrogen-bond donors (Lipinski definition) is 3. The van der Waals surface area contributed by atoms with Crippen LogP contribution in [0.5, 0.6) is 0 Å². The highest BCUT2D eigenvalue weighted by Gasteiger charge is 2.32. The molecule has 1 aliphatic heterocycles. The lowest BCUT2D eigenvalue weighted by Gasteiger charge is -2.33. The van der Waals surface area contributed by atoms with E-state index < -0.39 is 6.04 Å². The molecule has 1 aromatic carbocycles. The lowest BCUT2D eigenvalue weighted by molar-refractivity contribution is -0.416. The standard InChI is InChI=1S/C21H32N4O3/c1-13(2)18(22)21(28)25-11-9-16(10-12-25)20(27)23-15(4)19(26)24-17-7-5-14(3)6-8-17/h5-8,13,15-16,18H,9-12,22H2,1-4H3,(H,23,27)(H,24,26)/p+1/t15-,18-/m0/s1. The Balaban J connectivity index is 1.80. The van der Waals surface area contributed by atoms with Crippen molar-refractivity contribution in [1.29, 1.82) is 0 Å². The molecular formula is C21H33N4O3+. The first-order valence-corrected chi connectivity index (χ1v) is 9.98. The number of benzene rings is 1. The fraction of sp³-hybridized carbons (Fsp3) is 0.571. The average molecular weight is 390 g/mol. The summed E-state index contributed by atoms with van der Waals surface area (Å²) in [5, 5.41) is 5.61. The summed E-state index contributed by atoms with van der Waals surface area (Å²) in [6.45, 7) is 8.74. The zero-order chi connectivity index (χ0) is 20.8. The van der Waals surface area contributed by atoms with Crippen LogP contribution >= 0.6 is 0 Å². The Morgan fingerprint density at radius 3 is 2.18 bits per heavy atom. The highest BCUT2D eigenvalue weighted by atomic mass is 16.2. The van der Waals surface area contributed by atoms with Gasteiger partial charge in [-0.05, 0) is 38.8 Å². The minimum Gasteiger partial charge on any atom is -0.347 e. The van der Waals surface area contributed by atoms with Crippen LogP contribution in [-0.2, 0) is 14.4 Å². The van der Waals surface area contributed by atoms with Crippen molar-refractivity contribution in [3.8, 4) is 0 Å². The summed E-state index contributed by atoms with van der Waals surface area (Å²) in [5.74, 6) is -0.308. The van der Waals surface area contributed by atoms with Gasteiger partial charge < -0.3 is 21.3 Å². The molecule has 1 saturated heterocycles. The first kappa shape index (κ1) is 21.9. The SMILES string of the molecule is Cc1ccc(NC(=O)[C@H](C)NC(=O)C2CCN(C(=O)[C@@H]([NH3+])C(C)C)CC2)cc1. The number of aryl methyl sites for hydroxylation is 1. The normalized spacial score (nSPS) is 17.1. The molecule has 1 aromatic rings. The van der Waals surface area contributed by atoms with Crippen molar-refractivity contribution in [2.75, 3.05) is 18.4 Å². The molecule has 0 radical (unpaired) electrons. The van der Waals surface area contributed by atoms with Crippen LogP contribution in [0.4, 0.5) is 5.69 Å². The second kappa shape index (κ2) is 9.68. The summed E-state index contributed by atoms with van der Waals surface area (Å²) >= 11 is 0. The van der Waals surface area contributed by atoms with Crippen molar-refractivity contribution in [3.05, 3.63) is 29.8 Å². The molecule has 28 heavy (non-hydrogen) atoms. The summed E-state index contributed by atoms with van der Waals surface area (Å²) in [6, 6.07) is 6.63. The predicted molar refractivity (Wildman–Crippen MR) is 108 cm³/mol. The van der Waals surface area contributed by atoms with Crippen LogP contribution < -0.4 is 16.4 Å². The molecule has 154 valence electrons. The molecular weight excluding hydrogens is 356 g/mol. The highest BCUT2D eigenvalue weighted by Crippen LogP contribution is 2.19. The summed E-state index contributed by atoms with van der Waals surface area (Å²) in [5.41, 5.74) is 5.77. The number of hydrogen-bond acceptors (Lipinski definition) is 3. The van der Waals surface area contributed by atoms with Crippen LogP contribution in [-0.4, -0.2) is 47.8 Å². The van der Waals surface area contributed by atoms with Gasteiger partial charge in [0.05, 0.1) is 0 Å². The van der Waals surface area contributed by atoms with Crippen molar-refractivity contribution >= 4 is 23.4 Å². The van der Waals surface area contributed by atoms with E-state index >= 15 is 0 Å². The Hall–Kier alpha value is -2.41. The lowest BCUT2D eigenvalue weighted by atomic mass is 9.94. The number of carbonyl (C=O) groups excluding carboxylic acids is 3. The molecule has 0 aliphatic carbocycles. The minimum atomic E-state index is -0.626. The van der Waals surface area contributed by atoms with Gasteiger partial charge in [0.25, 0.3) is 5.91 Å². The van der Waals surface area contributed by atoms with E-state index in [0.29, 0.717) is 31.6 Å². The monoisotopic (exact) mass is 389 g/mol. The lowest BCUT2D eigenvalue weighted by Crippen LogP contribution is -2.70. The maximum atomic E-state index is 12.5. The van der Waals surface area contributed by atoms with E-state index in [1.165, 1.54) is 0 Å². The third kappa shape index (κ3) is 5.79. The number of quaternary nitrogens is 1. The first-order chi connectivity index (χ1) is 13.2. The smallest absolute Gasteiger partial charge is 0.280 e. The Kier molecular flexibility index (Phi) is 7.57. The molecule has 0 saturated carbocycles. The number of likely N-dealkylation sites (tertiary alicyclic amines) is 1. The Labute approximate surface area is 167 Å². The zero-order valence-electron chi connectivity index (χ0n) is 17.3. The van der Waals surface area contributed by atoms with Crippen molar-refractivity contribution in [1.82, 2.24) is 10.2 Å². The van der Waals surface area contributed by atoms with E-state index in [1.54, 1.807) is 11.8 Å². The van der Waals surface area contributed by atoms with E-state index in [0.717, 1.165) is 5.56 Å². The molecule has 2 atom stereocenters. The summed E-state index contributed by atoms with van der Waals surface area (Å²) in [4.78, 5) is 39.0. The van der Waals surface area contributed by atoms with Crippen molar-refractivity contribution in [3.63, 3.8) is 0 Å². The van der Waals surface area contributed by atoms with Crippen LogP contribution in [0.25, 0.3) is 0 Å². The van der Waals surface area contributed by atoms with Crippen LogP contribution in [0, 0.1) is 18.8 Å². The average Bonchev–Trinajstić information content (AvgIpc) is 2.68. The molecule has 7 nitrogen and oxygen atoms in total. The van der Waals surface area contributed by atoms with Gasteiger partial charge in [0.1, 0.15) is 6.04 Å². The molecule has 5 N–H and O–H groups in total. The van der Waals surface area contributed by atoms with Gasteiger partial charge in [-0.15, -0.1) is 0 Å². The maximum Gasteiger partial charge on any atom is 0.280 e. The summed E-state index contributed by atoms with van der Waals surface area (Å²) < 4.78 is 0. The third-order valence-electron chi connectivity index (χ3n) is 5.37. The maximum absolute atomic E-state index is 12.5. The van der Waals surface area contributed by atoms with Gasteiger partial charge in [0.2, 0.25) is 11.8 Å². The number of carbonyl (C=O) groups is 3. The first-order valence-electron chi connectivity index (χ1n) is 9.98. The number of rotatable bonds is 6. The topological polar surface area (TPSA) is 106 Å². The van der Waals surface area contributed by atoms with Crippen LogP contribution in [0.3, 0.4) is 0 Å². The van der Waals surface area contributed by atoms with E-state index in [1.807, 2.05) is 45.0 Å². The third-order valence-corrected chi connectivity index (χ3v) is 5.37. The van der Waals surface area contributed by atoms with Gasteiger partial charge in [-0.2, -0.15) is 0 Å². The number of nitrogens with zero attached hydrogens (tertiary/aromatic N) is 1. The Bertz CT molecular complexity index is 694. The van der Waals surface area contributed by atoms with Gasteiger partial charge in [-0.25, -0.2) is 0 Å². The number of anilines is 1. The van der Waals surface area contributed by atoms with Gasteiger partial charge in [-0.3, -0.25) is 14.4 Å². The molecule has 0 unspecified atom stereocenters. The van der Waals surface area contributed by atoms with Gasteiger partial charge >= 0.3 is 0 Å².